The van der Waals surface area contributed by atoms with Crippen molar-refractivity contribution in [1.82, 2.24) is 20.4 Å². The van der Waals surface area contributed by atoms with E-state index < -0.39 is 17.9 Å². The zero-order chi connectivity index (χ0) is 16.7. The summed E-state index contributed by atoms with van der Waals surface area (Å²) in [6.45, 7) is 1.81. The Morgan fingerprint density at radius 1 is 1.35 bits per heavy atom. The normalized spacial score (nSPS) is 11.7. The number of amides is 1. The van der Waals surface area contributed by atoms with Gasteiger partial charge in [0.15, 0.2) is 12.0 Å². The molecule has 23 heavy (non-hydrogen) atoms. The van der Waals surface area contributed by atoms with Gasteiger partial charge in [0, 0.05) is 24.0 Å². The van der Waals surface area contributed by atoms with Crippen molar-refractivity contribution in [3.63, 3.8) is 0 Å². The third-order valence-corrected chi connectivity index (χ3v) is 3.11. The van der Waals surface area contributed by atoms with Gasteiger partial charge in [0.05, 0.1) is 0 Å². The van der Waals surface area contributed by atoms with Crippen LogP contribution < -0.4 is 10.00 Å². The summed E-state index contributed by atoms with van der Waals surface area (Å²) in [6.07, 6.45) is 7.52. The van der Waals surface area contributed by atoms with E-state index in [4.69, 9.17) is 5.11 Å². The molecule has 0 saturated heterocycles. The summed E-state index contributed by atoms with van der Waals surface area (Å²) < 4.78 is 1.42. The fraction of sp³-hybridized carbons (Fsp3) is 0.333. The Labute approximate surface area is 133 Å². The number of nitrogens with one attached hydrogen (secondary N) is 1. The van der Waals surface area contributed by atoms with E-state index in [9.17, 15) is 9.59 Å². The molecule has 1 atom stereocenters. The van der Waals surface area contributed by atoms with Crippen molar-refractivity contribution in [2.45, 2.75) is 32.4 Å². The maximum atomic E-state index is 11.9. The maximum Gasteiger partial charge on any atom is 0.326 e. The predicted molar refractivity (Wildman–Crippen MR) is 79.9 cm³/mol. The molecular formula is C15H18N5O3+. The highest BCUT2D eigenvalue weighted by molar-refractivity contribution is 5.82. The molecular weight excluding hydrogens is 298 g/mol. The third-order valence-electron chi connectivity index (χ3n) is 3.11. The summed E-state index contributed by atoms with van der Waals surface area (Å²) >= 11 is 0. The first-order valence-corrected chi connectivity index (χ1v) is 7.25. The molecule has 8 heteroatoms. The Morgan fingerprint density at radius 2 is 2.09 bits per heavy atom. The highest BCUT2D eigenvalue weighted by Crippen LogP contribution is 2.09. The van der Waals surface area contributed by atoms with Gasteiger partial charge in [0.25, 0.3) is 12.5 Å². The number of aromatic nitrogens is 4. The topological polar surface area (TPSA) is 109 Å². The molecule has 0 aliphatic carbocycles. The first-order valence-electron chi connectivity index (χ1n) is 7.25. The smallest absolute Gasteiger partial charge is 0.326 e. The molecule has 2 heterocycles. The van der Waals surface area contributed by atoms with Gasteiger partial charge in [-0.3, -0.25) is 4.79 Å². The Morgan fingerprint density at radius 3 is 2.65 bits per heavy atom. The summed E-state index contributed by atoms with van der Waals surface area (Å²) in [5.41, 5.74) is 0.733. The van der Waals surface area contributed by atoms with E-state index in [2.05, 4.69) is 20.4 Å². The number of hydrogen-bond donors (Lipinski definition) is 2. The molecule has 2 N–H and O–H groups in total. The average Bonchev–Trinajstić information content (AvgIpc) is 2.56. The summed E-state index contributed by atoms with van der Waals surface area (Å²) in [7, 11) is 0. The van der Waals surface area contributed by atoms with Gasteiger partial charge in [-0.2, -0.15) is 0 Å². The minimum atomic E-state index is -1.03. The highest BCUT2D eigenvalue weighted by atomic mass is 16.4. The summed E-state index contributed by atoms with van der Waals surface area (Å²) in [6, 6.07) is 2.60. The van der Waals surface area contributed by atoms with Crippen LogP contribution in [0.15, 0.2) is 36.9 Å². The van der Waals surface area contributed by atoms with Crippen molar-refractivity contribution >= 4 is 11.9 Å². The molecule has 2 rings (SSSR count). The highest BCUT2D eigenvalue weighted by Gasteiger charge is 2.21. The van der Waals surface area contributed by atoms with Gasteiger partial charge in [-0.25, -0.2) is 14.8 Å². The van der Waals surface area contributed by atoms with Crippen LogP contribution in [0.4, 0.5) is 0 Å². The van der Waals surface area contributed by atoms with Gasteiger partial charge in [0.2, 0.25) is 0 Å². The summed E-state index contributed by atoms with van der Waals surface area (Å²) in [5.74, 6) is -0.882. The molecule has 1 unspecified atom stereocenters. The van der Waals surface area contributed by atoms with Crippen LogP contribution in [0.25, 0.3) is 11.4 Å². The molecule has 0 spiro atoms. The lowest BCUT2D eigenvalue weighted by Gasteiger charge is -2.11. The number of carbonyl (C=O) groups is 2. The fourth-order valence-electron chi connectivity index (χ4n) is 1.99. The number of carboxylic acids is 1. The van der Waals surface area contributed by atoms with E-state index in [0.29, 0.717) is 18.7 Å². The summed E-state index contributed by atoms with van der Waals surface area (Å²) in [5, 5.41) is 15.6. The molecule has 8 nitrogen and oxygen atoms in total. The molecule has 0 bridgehead atoms. The number of rotatable bonds is 7. The van der Waals surface area contributed by atoms with Crippen LogP contribution in [0.5, 0.6) is 0 Å². The van der Waals surface area contributed by atoms with Gasteiger partial charge in [-0.05, 0) is 17.6 Å². The van der Waals surface area contributed by atoms with Crippen molar-refractivity contribution in [3.8, 4) is 11.4 Å². The zero-order valence-electron chi connectivity index (χ0n) is 12.7. The van der Waals surface area contributed by atoms with E-state index in [1.807, 2.05) is 6.92 Å². The molecule has 0 radical (unpaired) electrons. The van der Waals surface area contributed by atoms with Gasteiger partial charge < -0.3 is 10.4 Å². The summed E-state index contributed by atoms with van der Waals surface area (Å²) in [4.78, 5) is 31.2. The van der Waals surface area contributed by atoms with Crippen molar-refractivity contribution in [1.29, 1.82) is 0 Å². The first kappa shape index (κ1) is 16.5. The molecule has 2 aromatic heterocycles. The largest absolute Gasteiger partial charge is 0.480 e. The SMILES string of the molecule is CCCC(NC(=O)C[n+]1ccc(-c2ncccn2)cn1)C(=O)O. The van der Waals surface area contributed by atoms with E-state index in [1.165, 1.54) is 4.68 Å². The average molecular weight is 316 g/mol. The van der Waals surface area contributed by atoms with Crippen molar-refractivity contribution in [2.75, 3.05) is 0 Å². The molecule has 120 valence electrons. The Balaban J connectivity index is 1.98. The predicted octanol–water partition coefficient (Wildman–Crippen LogP) is 0.196. The van der Waals surface area contributed by atoms with Gasteiger partial charge in [0.1, 0.15) is 12.2 Å². The Bertz CT molecular complexity index is 661. The quantitative estimate of drug-likeness (QED) is 0.706. The van der Waals surface area contributed by atoms with Crippen molar-refractivity contribution in [2.24, 2.45) is 0 Å². The standard InChI is InChI=1S/C15H17N5O3/c1-2-4-12(15(22)23)19-13(21)10-20-8-5-11(9-18-20)14-16-6-3-7-17-14/h3,5-9,12H,2,4,10H2,1H3,(H-,19,21,22,23)/p+1. The lowest BCUT2D eigenvalue weighted by atomic mass is 10.1. The maximum absolute atomic E-state index is 11.9. The van der Waals surface area contributed by atoms with Crippen LogP contribution in [0.3, 0.4) is 0 Å². The zero-order valence-corrected chi connectivity index (χ0v) is 12.7. The third kappa shape index (κ3) is 4.80. The minimum Gasteiger partial charge on any atom is -0.480 e. The lowest BCUT2D eigenvalue weighted by molar-refractivity contribution is -0.742. The minimum absolute atomic E-state index is 0.0522. The molecule has 0 aliphatic rings. The Hall–Kier alpha value is -2.90. The van der Waals surface area contributed by atoms with Crippen LogP contribution in [-0.2, 0) is 16.1 Å². The van der Waals surface area contributed by atoms with E-state index >= 15 is 0 Å². The van der Waals surface area contributed by atoms with Crippen LogP contribution >= 0.6 is 0 Å². The van der Waals surface area contributed by atoms with E-state index in [-0.39, 0.29) is 6.54 Å². The van der Waals surface area contributed by atoms with Crippen LogP contribution in [0, 0.1) is 0 Å². The van der Waals surface area contributed by atoms with Gasteiger partial charge in [-0.1, -0.05) is 18.0 Å². The second kappa shape index (κ2) is 7.92. The molecule has 0 saturated carbocycles. The number of nitrogens with zero attached hydrogens (tertiary/aromatic N) is 4. The van der Waals surface area contributed by atoms with E-state index in [0.717, 1.165) is 5.56 Å². The second-order valence-electron chi connectivity index (χ2n) is 4.93. The van der Waals surface area contributed by atoms with Crippen LogP contribution in [0.1, 0.15) is 19.8 Å². The van der Waals surface area contributed by atoms with Gasteiger partial charge in [-0.15, -0.1) is 0 Å². The van der Waals surface area contributed by atoms with E-state index in [1.54, 1.807) is 36.9 Å². The number of aliphatic carboxylic acids is 1. The van der Waals surface area contributed by atoms with Crippen LogP contribution in [-0.4, -0.2) is 38.1 Å². The van der Waals surface area contributed by atoms with Gasteiger partial charge >= 0.3 is 5.97 Å². The fourth-order valence-corrected chi connectivity index (χ4v) is 1.99. The second-order valence-corrected chi connectivity index (χ2v) is 4.93. The molecule has 1 amide bonds. The van der Waals surface area contributed by atoms with Crippen molar-refractivity contribution < 1.29 is 19.4 Å². The van der Waals surface area contributed by atoms with Crippen molar-refractivity contribution in [3.05, 3.63) is 36.9 Å². The molecule has 0 fully saturated rings. The lowest BCUT2D eigenvalue weighted by Crippen LogP contribution is -2.49. The first-order chi connectivity index (χ1) is 11.1. The number of carboxylic acid groups (broad SMARTS) is 1. The Kier molecular flexibility index (Phi) is 5.67. The monoisotopic (exact) mass is 316 g/mol. The van der Waals surface area contributed by atoms with Crippen LogP contribution in [0.2, 0.25) is 0 Å². The number of hydrogen-bond acceptors (Lipinski definition) is 5. The molecule has 0 aliphatic heterocycles. The molecule has 0 aromatic carbocycles. The number of carbonyl (C=O) groups excluding carboxylic acids is 1. The molecule has 2 aromatic rings.